The summed E-state index contributed by atoms with van der Waals surface area (Å²) in [7, 11) is 4.06. The quantitative estimate of drug-likeness (QED) is 0.729. The molecule has 0 radical (unpaired) electrons. The lowest BCUT2D eigenvalue weighted by Gasteiger charge is -2.29. The molecule has 0 saturated heterocycles. The van der Waals surface area contributed by atoms with E-state index in [0.717, 1.165) is 18.7 Å². The van der Waals surface area contributed by atoms with Crippen LogP contribution in [0, 0.1) is 5.82 Å². The maximum Gasteiger partial charge on any atom is 0.151 e. The number of hydrogen-bond donors (Lipinski definition) is 0. The van der Waals surface area contributed by atoms with Crippen molar-refractivity contribution in [3.63, 3.8) is 0 Å². The summed E-state index contributed by atoms with van der Waals surface area (Å²) in [6.07, 6.45) is 0.367. The van der Waals surface area contributed by atoms with Crippen molar-refractivity contribution in [2.45, 2.75) is 26.3 Å². The van der Waals surface area contributed by atoms with Gasteiger partial charge in [0.15, 0.2) is 5.78 Å². The Balaban J connectivity index is 2.52. The molecule has 0 aliphatic carbocycles. The van der Waals surface area contributed by atoms with Crippen LogP contribution in [0.4, 0.5) is 4.39 Å². The average molecular weight is 280 g/mol. The van der Waals surface area contributed by atoms with Gasteiger partial charge in [0, 0.05) is 19.0 Å². The Bertz CT molecular complexity index is 417. The molecule has 4 heteroatoms. The number of hydrogen-bond acceptors (Lipinski definition) is 3. The summed E-state index contributed by atoms with van der Waals surface area (Å²) in [5.74, 6) is -0.0972. The van der Waals surface area contributed by atoms with Crippen molar-refractivity contribution in [3.05, 3.63) is 35.6 Å². The van der Waals surface area contributed by atoms with Gasteiger partial charge in [-0.05, 0) is 45.3 Å². The van der Waals surface area contributed by atoms with Gasteiger partial charge in [-0.15, -0.1) is 0 Å². The van der Waals surface area contributed by atoms with Gasteiger partial charge in [0.2, 0.25) is 0 Å². The normalized spacial score (nSPS) is 12.9. The highest BCUT2D eigenvalue weighted by molar-refractivity contribution is 5.82. The predicted molar refractivity (Wildman–Crippen MR) is 80.4 cm³/mol. The van der Waals surface area contributed by atoms with Crippen molar-refractivity contribution < 1.29 is 9.18 Å². The number of Topliss-reactive ketones (excluding diaryl/α,β-unsaturated/α-hetero) is 1. The van der Waals surface area contributed by atoms with Crippen LogP contribution >= 0.6 is 0 Å². The van der Waals surface area contributed by atoms with Gasteiger partial charge in [-0.25, -0.2) is 4.39 Å². The summed E-state index contributed by atoms with van der Waals surface area (Å²) < 4.78 is 12.8. The molecule has 1 rings (SSSR count). The first-order valence-corrected chi connectivity index (χ1v) is 7.07. The molecule has 0 bridgehead atoms. The van der Waals surface area contributed by atoms with E-state index < -0.39 is 0 Å². The van der Waals surface area contributed by atoms with Gasteiger partial charge in [-0.3, -0.25) is 9.69 Å². The van der Waals surface area contributed by atoms with Crippen molar-refractivity contribution in [2.75, 3.05) is 33.7 Å². The average Bonchev–Trinajstić information content (AvgIpc) is 2.37. The van der Waals surface area contributed by atoms with Crippen molar-refractivity contribution >= 4 is 5.78 Å². The zero-order chi connectivity index (χ0) is 15.1. The molecule has 1 unspecified atom stereocenters. The Morgan fingerprint density at radius 3 is 2.35 bits per heavy atom. The number of carbonyl (C=O) groups excluding carboxylic acids is 1. The van der Waals surface area contributed by atoms with Gasteiger partial charge in [0.05, 0.1) is 6.54 Å². The van der Waals surface area contributed by atoms with Gasteiger partial charge < -0.3 is 4.90 Å². The number of carbonyl (C=O) groups is 1. The Labute approximate surface area is 121 Å². The fraction of sp³-hybridized carbons (Fsp3) is 0.562. The van der Waals surface area contributed by atoms with E-state index in [2.05, 4.69) is 23.6 Å². The Morgan fingerprint density at radius 2 is 1.85 bits per heavy atom. The number of nitrogens with zero attached hydrogens (tertiary/aromatic N) is 2. The highest BCUT2D eigenvalue weighted by Gasteiger charge is 2.16. The number of likely N-dealkylation sites (N-methyl/N-ethyl adjacent to an activating group) is 2. The van der Waals surface area contributed by atoms with E-state index >= 15 is 0 Å². The standard InChI is InChI=1S/C16H25FN2O/c1-5-19(13(2)11-18(3)4)12-16(20)10-14-6-8-15(17)9-7-14/h6-9,13H,5,10-12H2,1-4H3. The van der Waals surface area contributed by atoms with Crippen LogP contribution < -0.4 is 0 Å². The molecule has 0 spiro atoms. The van der Waals surface area contributed by atoms with Gasteiger partial charge >= 0.3 is 0 Å². The third-order valence-corrected chi connectivity index (χ3v) is 3.35. The third kappa shape index (κ3) is 5.80. The fourth-order valence-electron chi connectivity index (χ4n) is 2.34. The van der Waals surface area contributed by atoms with Gasteiger partial charge in [-0.2, -0.15) is 0 Å². The van der Waals surface area contributed by atoms with Crippen LogP contribution in [0.2, 0.25) is 0 Å². The van der Waals surface area contributed by atoms with E-state index in [-0.39, 0.29) is 11.6 Å². The molecular formula is C16H25FN2O. The molecule has 20 heavy (non-hydrogen) atoms. The van der Waals surface area contributed by atoms with E-state index in [0.29, 0.717) is 19.0 Å². The molecule has 0 aliphatic heterocycles. The molecule has 0 heterocycles. The minimum absolute atomic E-state index is 0.170. The van der Waals surface area contributed by atoms with Gasteiger partial charge in [0.1, 0.15) is 5.82 Å². The smallest absolute Gasteiger partial charge is 0.151 e. The van der Waals surface area contributed by atoms with Crippen LogP contribution in [0.25, 0.3) is 0 Å². The maximum atomic E-state index is 12.8. The third-order valence-electron chi connectivity index (χ3n) is 3.35. The highest BCUT2D eigenvalue weighted by Crippen LogP contribution is 2.06. The van der Waals surface area contributed by atoms with Crippen molar-refractivity contribution in [1.82, 2.24) is 9.80 Å². The molecule has 1 aromatic rings. The van der Waals surface area contributed by atoms with Crippen LogP contribution in [0.1, 0.15) is 19.4 Å². The fourth-order valence-corrected chi connectivity index (χ4v) is 2.34. The molecule has 0 saturated carbocycles. The Morgan fingerprint density at radius 1 is 1.25 bits per heavy atom. The van der Waals surface area contributed by atoms with Gasteiger partial charge in [0.25, 0.3) is 0 Å². The molecule has 1 atom stereocenters. The molecule has 0 aromatic heterocycles. The van der Waals surface area contributed by atoms with Crippen molar-refractivity contribution in [3.8, 4) is 0 Å². The topological polar surface area (TPSA) is 23.6 Å². The maximum absolute atomic E-state index is 12.8. The molecule has 0 amide bonds. The summed E-state index contributed by atoms with van der Waals surface area (Å²) in [5.41, 5.74) is 0.868. The molecule has 0 aliphatic rings. The monoisotopic (exact) mass is 280 g/mol. The number of halogens is 1. The first-order valence-electron chi connectivity index (χ1n) is 7.07. The van der Waals surface area contributed by atoms with Crippen molar-refractivity contribution in [1.29, 1.82) is 0 Å². The van der Waals surface area contributed by atoms with E-state index in [1.54, 1.807) is 12.1 Å². The zero-order valence-corrected chi connectivity index (χ0v) is 12.9. The number of benzene rings is 1. The molecule has 112 valence electrons. The van der Waals surface area contributed by atoms with Crippen LogP contribution in [-0.2, 0) is 11.2 Å². The lowest BCUT2D eigenvalue weighted by Crippen LogP contribution is -2.42. The summed E-state index contributed by atoms with van der Waals surface area (Å²) in [4.78, 5) is 16.4. The molecule has 0 N–H and O–H groups in total. The zero-order valence-electron chi connectivity index (χ0n) is 12.9. The van der Waals surface area contributed by atoms with Gasteiger partial charge in [-0.1, -0.05) is 19.1 Å². The molecule has 1 aromatic carbocycles. The molecule has 0 fully saturated rings. The second-order valence-corrected chi connectivity index (χ2v) is 5.52. The number of rotatable bonds is 8. The largest absolute Gasteiger partial charge is 0.308 e. The highest BCUT2D eigenvalue weighted by atomic mass is 19.1. The Hall–Kier alpha value is -1.26. The van der Waals surface area contributed by atoms with Crippen molar-refractivity contribution in [2.24, 2.45) is 0 Å². The first-order chi connectivity index (χ1) is 9.42. The predicted octanol–water partition coefficient (Wildman–Crippen LogP) is 2.21. The van der Waals surface area contributed by atoms with Crippen LogP contribution in [0.3, 0.4) is 0 Å². The Kier molecular flexibility index (Phi) is 6.82. The van der Waals surface area contributed by atoms with E-state index in [1.165, 1.54) is 12.1 Å². The second kappa shape index (κ2) is 8.12. The first kappa shape index (κ1) is 16.8. The lowest BCUT2D eigenvalue weighted by atomic mass is 10.1. The molecular weight excluding hydrogens is 255 g/mol. The minimum atomic E-state index is -0.268. The summed E-state index contributed by atoms with van der Waals surface area (Å²) in [6, 6.07) is 6.48. The van der Waals surface area contributed by atoms with E-state index in [4.69, 9.17) is 0 Å². The summed E-state index contributed by atoms with van der Waals surface area (Å²) in [5, 5.41) is 0. The van der Waals surface area contributed by atoms with E-state index in [9.17, 15) is 9.18 Å². The van der Waals surface area contributed by atoms with Crippen LogP contribution in [0.5, 0.6) is 0 Å². The molecule has 3 nitrogen and oxygen atoms in total. The van der Waals surface area contributed by atoms with Crippen LogP contribution in [-0.4, -0.2) is 55.4 Å². The lowest BCUT2D eigenvalue weighted by molar-refractivity contribution is -0.120. The SMILES string of the molecule is CCN(CC(=O)Cc1ccc(F)cc1)C(C)CN(C)C. The number of ketones is 1. The second-order valence-electron chi connectivity index (χ2n) is 5.52. The minimum Gasteiger partial charge on any atom is -0.308 e. The summed E-state index contributed by atoms with van der Waals surface area (Å²) in [6.45, 7) is 6.43. The van der Waals surface area contributed by atoms with Crippen LogP contribution in [0.15, 0.2) is 24.3 Å². The summed E-state index contributed by atoms with van der Waals surface area (Å²) >= 11 is 0. The van der Waals surface area contributed by atoms with E-state index in [1.807, 2.05) is 14.1 Å².